The van der Waals surface area contributed by atoms with Gasteiger partial charge < -0.3 is 14.6 Å². The molecule has 0 aliphatic heterocycles. The number of nitrogens with one attached hydrogen (secondary N) is 1. The summed E-state index contributed by atoms with van der Waals surface area (Å²) in [6.07, 6.45) is 3.08. The molecular formula is C20H21ClN2O2. The quantitative estimate of drug-likeness (QED) is 0.642. The molecule has 4 nitrogen and oxygen atoms in total. The van der Waals surface area contributed by atoms with Crippen molar-refractivity contribution in [1.82, 2.24) is 9.88 Å². The van der Waals surface area contributed by atoms with Crippen molar-refractivity contribution in [3.63, 3.8) is 0 Å². The molecule has 130 valence electrons. The number of ether oxygens (including phenoxy) is 1. The molecule has 0 aliphatic carbocycles. The Hall–Kier alpha value is -2.46. The molecule has 1 amide bonds. The van der Waals surface area contributed by atoms with Crippen LogP contribution in [0.2, 0.25) is 5.02 Å². The second-order valence-electron chi connectivity index (χ2n) is 6.01. The number of nitrogens with zero attached hydrogens (tertiary/aromatic N) is 1. The first-order chi connectivity index (χ1) is 12.1. The van der Waals surface area contributed by atoms with E-state index in [1.165, 1.54) is 0 Å². The molecule has 0 radical (unpaired) electrons. The number of benzene rings is 2. The second kappa shape index (κ2) is 8.08. The second-order valence-corrected chi connectivity index (χ2v) is 6.45. The highest BCUT2D eigenvalue weighted by Crippen LogP contribution is 2.19. The zero-order valence-electron chi connectivity index (χ0n) is 14.2. The molecule has 1 N–H and O–H groups in total. The highest BCUT2D eigenvalue weighted by Gasteiger charge is 2.12. The number of para-hydroxylation sites is 1. The number of H-pyrrole nitrogens is 1. The summed E-state index contributed by atoms with van der Waals surface area (Å²) in [5.41, 5.74) is 2.09. The van der Waals surface area contributed by atoms with Crippen molar-refractivity contribution in [1.29, 1.82) is 0 Å². The van der Waals surface area contributed by atoms with E-state index in [2.05, 4.69) is 4.98 Å². The summed E-state index contributed by atoms with van der Waals surface area (Å²) in [5.74, 6) is 0.854. The van der Waals surface area contributed by atoms with Gasteiger partial charge in [0.25, 0.3) is 0 Å². The van der Waals surface area contributed by atoms with E-state index in [4.69, 9.17) is 16.3 Å². The third-order valence-corrected chi connectivity index (χ3v) is 4.38. The highest BCUT2D eigenvalue weighted by molar-refractivity contribution is 6.30. The van der Waals surface area contributed by atoms with E-state index in [1.807, 2.05) is 55.7 Å². The van der Waals surface area contributed by atoms with Crippen molar-refractivity contribution in [2.24, 2.45) is 0 Å². The fourth-order valence-electron chi connectivity index (χ4n) is 2.75. The molecule has 5 heteroatoms. The number of likely N-dealkylation sites (N-methyl/N-ethyl adjacent to an activating group) is 1. The molecule has 0 atom stereocenters. The number of hydrogen-bond donors (Lipinski definition) is 1. The van der Waals surface area contributed by atoms with Crippen LogP contribution in [0.4, 0.5) is 0 Å². The first-order valence-corrected chi connectivity index (χ1v) is 8.68. The zero-order chi connectivity index (χ0) is 17.6. The number of fused-ring (bicyclic) bond motifs is 1. The average Bonchev–Trinajstić information content (AvgIpc) is 3.02. The largest absolute Gasteiger partial charge is 0.493 e. The maximum absolute atomic E-state index is 12.4. The van der Waals surface area contributed by atoms with Crippen LogP contribution in [0.25, 0.3) is 10.9 Å². The van der Waals surface area contributed by atoms with E-state index in [1.54, 1.807) is 11.0 Å². The minimum Gasteiger partial charge on any atom is -0.493 e. The molecule has 0 fully saturated rings. The summed E-state index contributed by atoms with van der Waals surface area (Å²) in [6.45, 7) is 1.20. The van der Waals surface area contributed by atoms with E-state index in [0.29, 0.717) is 24.6 Å². The number of aromatic nitrogens is 1. The summed E-state index contributed by atoms with van der Waals surface area (Å²) >= 11 is 5.92. The fourth-order valence-corrected chi connectivity index (χ4v) is 2.93. The number of halogens is 1. The van der Waals surface area contributed by atoms with Gasteiger partial charge in [0, 0.05) is 35.7 Å². The summed E-state index contributed by atoms with van der Waals surface area (Å²) in [4.78, 5) is 17.4. The normalized spacial score (nSPS) is 10.8. The zero-order valence-corrected chi connectivity index (χ0v) is 14.9. The van der Waals surface area contributed by atoms with Gasteiger partial charge in [-0.2, -0.15) is 0 Å². The van der Waals surface area contributed by atoms with Gasteiger partial charge in [-0.1, -0.05) is 35.9 Å². The van der Waals surface area contributed by atoms with Crippen molar-refractivity contribution in [3.8, 4) is 5.75 Å². The van der Waals surface area contributed by atoms with Crippen LogP contribution in [0.15, 0.2) is 54.7 Å². The number of hydrogen-bond acceptors (Lipinski definition) is 2. The molecule has 0 aliphatic rings. The van der Waals surface area contributed by atoms with E-state index in [9.17, 15) is 4.79 Å². The Morgan fingerprint density at radius 3 is 2.88 bits per heavy atom. The molecule has 0 saturated carbocycles. The molecule has 0 unspecified atom stereocenters. The number of carbonyl (C=O) groups is 1. The molecule has 0 spiro atoms. The van der Waals surface area contributed by atoms with Crippen LogP contribution in [-0.2, 0) is 11.2 Å². The number of amides is 1. The van der Waals surface area contributed by atoms with Crippen LogP contribution in [0, 0.1) is 0 Å². The lowest BCUT2D eigenvalue weighted by molar-refractivity contribution is -0.129. The molecule has 1 heterocycles. The van der Waals surface area contributed by atoms with Gasteiger partial charge in [-0.05, 0) is 36.2 Å². The maximum Gasteiger partial charge on any atom is 0.226 e. The lowest BCUT2D eigenvalue weighted by atomic mass is 10.1. The van der Waals surface area contributed by atoms with Crippen molar-refractivity contribution < 1.29 is 9.53 Å². The Morgan fingerprint density at radius 1 is 1.20 bits per heavy atom. The standard InChI is InChI=1S/C20H21ClN2O2/c1-23(10-5-11-25-17-7-4-6-16(21)13-17)20(24)12-15-14-22-19-9-3-2-8-18(15)19/h2-4,6-9,13-14,22H,5,10-12H2,1H3. The van der Waals surface area contributed by atoms with E-state index >= 15 is 0 Å². The van der Waals surface area contributed by atoms with Gasteiger partial charge >= 0.3 is 0 Å². The minimum absolute atomic E-state index is 0.104. The van der Waals surface area contributed by atoms with E-state index in [-0.39, 0.29) is 5.91 Å². The molecule has 1 aromatic heterocycles. The van der Waals surface area contributed by atoms with Crippen LogP contribution in [-0.4, -0.2) is 36.0 Å². The van der Waals surface area contributed by atoms with Gasteiger partial charge in [0.2, 0.25) is 5.91 Å². The van der Waals surface area contributed by atoms with Crippen LogP contribution in [0.3, 0.4) is 0 Å². The maximum atomic E-state index is 12.4. The Morgan fingerprint density at radius 2 is 2.04 bits per heavy atom. The topological polar surface area (TPSA) is 45.3 Å². The summed E-state index contributed by atoms with van der Waals surface area (Å²) in [6, 6.07) is 15.3. The van der Waals surface area contributed by atoms with Gasteiger partial charge in [0.05, 0.1) is 13.0 Å². The number of carbonyl (C=O) groups excluding carboxylic acids is 1. The van der Waals surface area contributed by atoms with Gasteiger partial charge in [-0.15, -0.1) is 0 Å². The third kappa shape index (κ3) is 4.54. The molecule has 0 bridgehead atoms. The Balaban J connectivity index is 1.46. The fraction of sp³-hybridized carbons (Fsp3) is 0.250. The third-order valence-electron chi connectivity index (χ3n) is 4.15. The SMILES string of the molecule is CN(CCCOc1cccc(Cl)c1)C(=O)Cc1c[nH]c2ccccc12. The van der Waals surface area contributed by atoms with Crippen molar-refractivity contribution >= 4 is 28.4 Å². The van der Waals surface area contributed by atoms with Gasteiger partial charge in [-0.3, -0.25) is 4.79 Å². The predicted octanol–water partition coefficient (Wildman–Crippen LogP) is 4.29. The Kier molecular flexibility index (Phi) is 5.61. The smallest absolute Gasteiger partial charge is 0.226 e. The summed E-state index contributed by atoms with van der Waals surface area (Å²) in [7, 11) is 1.83. The van der Waals surface area contributed by atoms with E-state index < -0.39 is 0 Å². The molecule has 2 aromatic carbocycles. The Bertz CT molecular complexity index is 860. The lowest BCUT2D eigenvalue weighted by Gasteiger charge is -2.17. The molecular weight excluding hydrogens is 336 g/mol. The Labute approximate surface area is 152 Å². The lowest BCUT2D eigenvalue weighted by Crippen LogP contribution is -2.30. The molecule has 0 saturated heterocycles. The summed E-state index contributed by atoms with van der Waals surface area (Å²) in [5, 5.41) is 1.76. The molecule has 25 heavy (non-hydrogen) atoms. The summed E-state index contributed by atoms with van der Waals surface area (Å²) < 4.78 is 5.65. The van der Waals surface area contributed by atoms with E-state index in [0.717, 1.165) is 28.6 Å². The monoisotopic (exact) mass is 356 g/mol. The van der Waals surface area contributed by atoms with Crippen LogP contribution >= 0.6 is 11.6 Å². The molecule has 3 aromatic rings. The van der Waals surface area contributed by atoms with Crippen LogP contribution in [0.1, 0.15) is 12.0 Å². The first kappa shape index (κ1) is 17.4. The number of aromatic amines is 1. The van der Waals surface area contributed by atoms with Crippen LogP contribution < -0.4 is 4.74 Å². The highest BCUT2D eigenvalue weighted by atomic mass is 35.5. The minimum atomic E-state index is 0.104. The average molecular weight is 357 g/mol. The van der Waals surface area contributed by atoms with Crippen molar-refractivity contribution in [2.75, 3.05) is 20.2 Å². The number of rotatable bonds is 7. The predicted molar refractivity (Wildman–Crippen MR) is 101 cm³/mol. The van der Waals surface area contributed by atoms with Gasteiger partial charge in [0.1, 0.15) is 5.75 Å². The first-order valence-electron chi connectivity index (χ1n) is 8.31. The van der Waals surface area contributed by atoms with Crippen molar-refractivity contribution in [3.05, 3.63) is 65.3 Å². The van der Waals surface area contributed by atoms with Gasteiger partial charge in [0.15, 0.2) is 0 Å². The molecule has 3 rings (SSSR count). The van der Waals surface area contributed by atoms with Crippen LogP contribution in [0.5, 0.6) is 5.75 Å². The van der Waals surface area contributed by atoms with Gasteiger partial charge in [-0.25, -0.2) is 0 Å². The van der Waals surface area contributed by atoms with Crippen molar-refractivity contribution in [2.45, 2.75) is 12.8 Å².